The van der Waals surface area contributed by atoms with Gasteiger partial charge in [-0.2, -0.15) is 26.3 Å². The van der Waals surface area contributed by atoms with E-state index >= 15 is 0 Å². The molecule has 1 aliphatic heterocycles. The third kappa shape index (κ3) is 2.70. The standard InChI is InChI=1S/C12H11F6N/c1-10(2-3-19-10)7-4-8(11(13,14)15)6-9(5-7)12(16,17)18/h4-6,19H,2-3H2,1H3. The highest BCUT2D eigenvalue weighted by Crippen LogP contribution is 2.40. The lowest BCUT2D eigenvalue weighted by Gasteiger charge is -2.41. The number of halogens is 6. The zero-order valence-corrected chi connectivity index (χ0v) is 9.91. The molecule has 1 N–H and O–H groups in total. The second-order valence-corrected chi connectivity index (χ2v) is 4.80. The molecular formula is C12H11F6N. The molecule has 1 atom stereocenters. The fourth-order valence-electron chi connectivity index (χ4n) is 2.02. The Kier molecular flexibility index (Phi) is 3.08. The lowest BCUT2D eigenvalue weighted by atomic mass is 9.81. The molecule has 0 radical (unpaired) electrons. The van der Waals surface area contributed by atoms with E-state index in [1.165, 1.54) is 0 Å². The van der Waals surface area contributed by atoms with Crippen molar-refractivity contribution in [2.24, 2.45) is 0 Å². The number of rotatable bonds is 1. The van der Waals surface area contributed by atoms with E-state index in [0.717, 1.165) is 12.1 Å². The summed E-state index contributed by atoms with van der Waals surface area (Å²) in [7, 11) is 0. The Bertz CT molecular complexity index is 452. The van der Waals surface area contributed by atoms with Gasteiger partial charge < -0.3 is 5.32 Å². The first-order chi connectivity index (χ1) is 8.52. The summed E-state index contributed by atoms with van der Waals surface area (Å²) in [6.45, 7) is 2.17. The lowest BCUT2D eigenvalue weighted by Crippen LogP contribution is -2.51. The number of benzene rings is 1. The maximum Gasteiger partial charge on any atom is 0.416 e. The topological polar surface area (TPSA) is 12.0 Å². The van der Waals surface area contributed by atoms with Crippen molar-refractivity contribution >= 4 is 0 Å². The molecule has 1 saturated heterocycles. The molecule has 1 nitrogen and oxygen atoms in total. The second-order valence-electron chi connectivity index (χ2n) is 4.80. The summed E-state index contributed by atoms with van der Waals surface area (Å²) in [6, 6.07) is 1.70. The van der Waals surface area contributed by atoms with Gasteiger partial charge in [0.2, 0.25) is 0 Å². The number of nitrogens with one attached hydrogen (secondary N) is 1. The molecule has 19 heavy (non-hydrogen) atoms. The Balaban J connectivity index is 2.56. The average molecular weight is 283 g/mol. The summed E-state index contributed by atoms with van der Waals surface area (Å²) in [4.78, 5) is 0. The van der Waals surface area contributed by atoms with E-state index in [9.17, 15) is 26.3 Å². The SMILES string of the molecule is CC1(c2cc(C(F)(F)F)cc(C(F)(F)F)c2)CCN1. The highest BCUT2D eigenvalue weighted by Gasteiger charge is 2.40. The predicted octanol–water partition coefficient (Wildman–Crippen LogP) is 3.93. The first-order valence-electron chi connectivity index (χ1n) is 5.57. The third-order valence-corrected chi connectivity index (χ3v) is 3.36. The molecule has 7 heteroatoms. The van der Waals surface area contributed by atoms with Crippen molar-refractivity contribution in [1.82, 2.24) is 5.32 Å². The van der Waals surface area contributed by atoms with Crippen LogP contribution in [0.3, 0.4) is 0 Å². The van der Waals surface area contributed by atoms with Crippen LogP contribution in [0, 0.1) is 0 Å². The summed E-state index contributed by atoms with van der Waals surface area (Å²) in [6.07, 6.45) is -9.09. The maximum absolute atomic E-state index is 12.7. The summed E-state index contributed by atoms with van der Waals surface area (Å²) >= 11 is 0. The fraction of sp³-hybridized carbons (Fsp3) is 0.500. The van der Waals surface area contributed by atoms with Crippen molar-refractivity contribution < 1.29 is 26.3 Å². The van der Waals surface area contributed by atoms with E-state index in [1.807, 2.05) is 0 Å². The summed E-state index contributed by atoms with van der Waals surface area (Å²) in [5, 5.41) is 2.86. The van der Waals surface area contributed by atoms with Gasteiger partial charge in [-0.3, -0.25) is 0 Å². The van der Waals surface area contributed by atoms with Crippen LogP contribution >= 0.6 is 0 Å². The van der Waals surface area contributed by atoms with Gasteiger partial charge in [-0.15, -0.1) is 0 Å². The summed E-state index contributed by atoms with van der Waals surface area (Å²) in [5.41, 5.74) is -3.35. The highest BCUT2D eigenvalue weighted by atomic mass is 19.4. The molecule has 0 aliphatic carbocycles. The molecule has 106 valence electrons. The number of alkyl halides is 6. The molecule has 1 fully saturated rings. The molecule has 0 saturated carbocycles. The normalized spacial score (nSPS) is 24.2. The molecular weight excluding hydrogens is 272 g/mol. The van der Waals surface area contributed by atoms with Crippen LogP contribution in [0.1, 0.15) is 30.0 Å². The molecule has 1 aromatic rings. The van der Waals surface area contributed by atoms with Gasteiger partial charge in [-0.05, 0) is 43.7 Å². The van der Waals surface area contributed by atoms with Crippen LogP contribution in [-0.2, 0) is 17.9 Å². The van der Waals surface area contributed by atoms with Crippen LogP contribution in [0.5, 0.6) is 0 Å². The van der Waals surface area contributed by atoms with Gasteiger partial charge in [0, 0.05) is 5.54 Å². The molecule has 1 unspecified atom stereocenters. The maximum atomic E-state index is 12.7. The Morgan fingerprint density at radius 2 is 1.37 bits per heavy atom. The third-order valence-electron chi connectivity index (χ3n) is 3.36. The van der Waals surface area contributed by atoms with E-state index in [-0.39, 0.29) is 11.6 Å². The first-order valence-corrected chi connectivity index (χ1v) is 5.57. The van der Waals surface area contributed by atoms with Crippen LogP contribution in [0.2, 0.25) is 0 Å². The minimum absolute atomic E-state index is 0.0147. The van der Waals surface area contributed by atoms with E-state index in [4.69, 9.17) is 0 Å². The lowest BCUT2D eigenvalue weighted by molar-refractivity contribution is -0.143. The Hall–Kier alpha value is -1.24. The Morgan fingerprint density at radius 3 is 1.63 bits per heavy atom. The van der Waals surface area contributed by atoms with Gasteiger partial charge in [0.15, 0.2) is 0 Å². The van der Waals surface area contributed by atoms with Gasteiger partial charge in [0.1, 0.15) is 0 Å². The Morgan fingerprint density at radius 1 is 0.947 bits per heavy atom. The number of hydrogen-bond acceptors (Lipinski definition) is 1. The molecule has 0 bridgehead atoms. The van der Waals surface area contributed by atoms with Crippen LogP contribution in [-0.4, -0.2) is 6.54 Å². The van der Waals surface area contributed by atoms with Crippen molar-refractivity contribution in [3.63, 3.8) is 0 Å². The quantitative estimate of drug-likeness (QED) is 0.770. The molecule has 0 spiro atoms. The molecule has 1 aliphatic rings. The monoisotopic (exact) mass is 283 g/mol. The van der Waals surface area contributed by atoms with Crippen LogP contribution < -0.4 is 5.32 Å². The first kappa shape index (κ1) is 14.2. The summed E-state index contributed by atoms with van der Waals surface area (Å²) in [5.74, 6) is 0. The zero-order chi connectivity index (χ0) is 14.5. The van der Waals surface area contributed by atoms with Crippen LogP contribution in [0.15, 0.2) is 18.2 Å². The van der Waals surface area contributed by atoms with Crippen molar-refractivity contribution in [3.05, 3.63) is 34.9 Å². The Labute approximate surface area is 105 Å². The van der Waals surface area contributed by atoms with Gasteiger partial charge in [-0.1, -0.05) is 0 Å². The van der Waals surface area contributed by atoms with Crippen molar-refractivity contribution in [1.29, 1.82) is 0 Å². The zero-order valence-electron chi connectivity index (χ0n) is 9.91. The van der Waals surface area contributed by atoms with E-state index in [0.29, 0.717) is 13.0 Å². The molecule has 1 aromatic carbocycles. The minimum Gasteiger partial charge on any atom is -0.307 e. The predicted molar refractivity (Wildman–Crippen MR) is 56.4 cm³/mol. The van der Waals surface area contributed by atoms with Gasteiger partial charge in [-0.25, -0.2) is 0 Å². The van der Waals surface area contributed by atoms with Gasteiger partial charge >= 0.3 is 12.4 Å². The van der Waals surface area contributed by atoms with Crippen molar-refractivity contribution in [2.75, 3.05) is 6.54 Å². The second kappa shape index (κ2) is 4.13. The minimum atomic E-state index is -4.80. The molecule has 0 aromatic heterocycles. The number of hydrogen-bond donors (Lipinski definition) is 1. The highest BCUT2D eigenvalue weighted by molar-refractivity contribution is 5.38. The largest absolute Gasteiger partial charge is 0.416 e. The van der Waals surface area contributed by atoms with Crippen molar-refractivity contribution in [2.45, 2.75) is 31.2 Å². The van der Waals surface area contributed by atoms with E-state index in [1.54, 1.807) is 6.92 Å². The van der Waals surface area contributed by atoms with E-state index in [2.05, 4.69) is 5.32 Å². The fourth-order valence-corrected chi connectivity index (χ4v) is 2.02. The molecule has 0 amide bonds. The van der Waals surface area contributed by atoms with Crippen LogP contribution in [0.25, 0.3) is 0 Å². The van der Waals surface area contributed by atoms with E-state index < -0.39 is 29.0 Å². The molecule has 1 heterocycles. The average Bonchev–Trinajstić information content (AvgIpc) is 2.23. The van der Waals surface area contributed by atoms with Crippen molar-refractivity contribution in [3.8, 4) is 0 Å². The van der Waals surface area contributed by atoms with Gasteiger partial charge in [0.05, 0.1) is 11.1 Å². The molecule has 2 rings (SSSR count). The van der Waals surface area contributed by atoms with Gasteiger partial charge in [0.25, 0.3) is 0 Å². The summed E-state index contributed by atoms with van der Waals surface area (Å²) < 4.78 is 76.0. The van der Waals surface area contributed by atoms with Crippen LogP contribution in [0.4, 0.5) is 26.3 Å². The smallest absolute Gasteiger partial charge is 0.307 e.